The lowest BCUT2D eigenvalue weighted by molar-refractivity contribution is 0.0680. The Morgan fingerprint density at radius 1 is 1.24 bits per heavy atom. The van der Waals surface area contributed by atoms with E-state index in [1.165, 1.54) is 17.1 Å². The fraction of sp³-hybridized carbons (Fsp3) is 0.0667. The largest absolute Gasteiger partial charge is 0.485 e. The van der Waals surface area contributed by atoms with Crippen LogP contribution in [0.15, 0.2) is 59.3 Å². The molecule has 3 rings (SSSR count). The van der Waals surface area contributed by atoms with E-state index in [4.69, 9.17) is 9.15 Å². The Hall–Kier alpha value is -3.02. The summed E-state index contributed by atoms with van der Waals surface area (Å²) < 4.78 is 11.9. The van der Waals surface area contributed by atoms with E-state index in [1.807, 2.05) is 30.3 Å². The molecule has 0 amide bonds. The van der Waals surface area contributed by atoms with Crippen molar-refractivity contribution in [2.24, 2.45) is 0 Å². The molecule has 0 atom stereocenters. The maximum absolute atomic E-state index is 11.4. The molecule has 6 heteroatoms. The van der Waals surface area contributed by atoms with Crippen LogP contribution in [0, 0.1) is 0 Å². The molecule has 3 aromatic rings. The lowest BCUT2D eigenvalue weighted by atomic mass is 10.2. The van der Waals surface area contributed by atoms with Crippen LogP contribution in [0.4, 0.5) is 0 Å². The van der Waals surface area contributed by atoms with Crippen molar-refractivity contribution in [2.75, 3.05) is 0 Å². The summed E-state index contributed by atoms with van der Waals surface area (Å²) >= 11 is 0. The predicted molar refractivity (Wildman–Crippen MR) is 73.6 cm³/mol. The van der Waals surface area contributed by atoms with Crippen molar-refractivity contribution in [2.45, 2.75) is 6.61 Å². The normalized spacial score (nSPS) is 10.5. The molecule has 0 bridgehead atoms. The molecule has 0 aliphatic rings. The minimum absolute atomic E-state index is 0.0686. The molecule has 0 fully saturated rings. The molecule has 0 unspecified atom stereocenters. The van der Waals surface area contributed by atoms with Gasteiger partial charge in [-0.25, -0.2) is 4.79 Å². The standard InChI is InChI=1S/C15H12N2O4/c18-15(19)14-12(21-10-11-5-2-1-3-6-11)9-16-17(14)13-7-4-8-20-13/h1-9H,10H2,(H,18,19). The first-order valence-electron chi connectivity index (χ1n) is 6.27. The number of rotatable bonds is 5. The Kier molecular flexibility index (Phi) is 3.42. The number of carboxylic acid groups (broad SMARTS) is 1. The van der Waals surface area contributed by atoms with Gasteiger partial charge in [0.2, 0.25) is 5.88 Å². The maximum Gasteiger partial charge on any atom is 0.358 e. The number of benzene rings is 1. The first-order valence-corrected chi connectivity index (χ1v) is 6.27. The molecule has 1 aromatic carbocycles. The third-order valence-electron chi connectivity index (χ3n) is 2.89. The molecular formula is C15H12N2O4. The van der Waals surface area contributed by atoms with Crippen LogP contribution in [0.5, 0.6) is 5.75 Å². The van der Waals surface area contributed by atoms with Gasteiger partial charge in [-0.3, -0.25) is 0 Å². The Bertz CT molecular complexity index is 732. The summed E-state index contributed by atoms with van der Waals surface area (Å²) in [6, 6.07) is 12.8. The minimum atomic E-state index is -1.13. The Balaban J connectivity index is 1.87. The highest BCUT2D eigenvalue weighted by Gasteiger charge is 2.21. The number of carboxylic acids is 1. The number of aromatic nitrogens is 2. The number of aromatic carboxylic acids is 1. The van der Waals surface area contributed by atoms with Crippen molar-refractivity contribution < 1.29 is 19.1 Å². The lowest BCUT2D eigenvalue weighted by Crippen LogP contribution is -2.09. The van der Waals surface area contributed by atoms with Gasteiger partial charge in [0, 0.05) is 6.07 Å². The van der Waals surface area contributed by atoms with Crippen molar-refractivity contribution in [3.05, 3.63) is 66.2 Å². The van der Waals surface area contributed by atoms with Gasteiger partial charge in [0.15, 0.2) is 11.4 Å². The van der Waals surface area contributed by atoms with E-state index < -0.39 is 5.97 Å². The number of carbonyl (C=O) groups is 1. The van der Waals surface area contributed by atoms with Crippen LogP contribution in [-0.2, 0) is 6.61 Å². The van der Waals surface area contributed by atoms with Gasteiger partial charge in [0.05, 0.1) is 12.5 Å². The molecule has 1 N–H and O–H groups in total. The Labute approximate surface area is 120 Å². The minimum Gasteiger partial charge on any atom is -0.485 e. The quantitative estimate of drug-likeness (QED) is 0.779. The van der Waals surface area contributed by atoms with Gasteiger partial charge in [-0.05, 0) is 11.6 Å². The third-order valence-corrected chi connectivity index (χ3v) is 2.89. The second kappa shape index (κ2) is 5.54. The summed E-state index contributed by atoms with van der Waals surface area (Å²) in [7, 11) is 0. The molecule has 0 radical (unpaired) electrons. The van der Waals surface area contributed by atoms with Gasteiger partial charge in [-0.2, -0.15) is 9.78 Å². The van der Waals surface area contributed by atoms with Crippen molar-refractivity contribution in [3.8, 4) is 11.6 Å². The van der Waals surface area contributed by atoms with E-state index in [0.717, 1.165) is 5.56 Å². The van der Waals surface area contributed by atoms with Crippen molar-refractivity contribution in [3.63, 3.8) is 0 Å². The summed E-state index contributed by atoms with van der Waals surface area (Å²) in [5.41, 5.74) is 0.875. The van der Waals surface area contributed by atoms with E-state index in [-0.39, 0.29) is 18.1 Å². The second-order valence-electron chi connectivity index (χ2n) is 4.30. The van der Waals surface area contributed by atoms with E-state index in [2.05, 4.69) is 5.10 Å². The number of ether oxygens (including phenoxy) is 1. The van der Waals surface area contributed by atoms with Crippen LogP contribution in [0.3, 0.4) is 0 Å². The van der Waals surface area contributed by atoms with Crippen molar-refractivity contribution >= 4 is 5.97 Å². The molecule has 106 valence electrons. The third kappa shape index (κ3) is 2.64. The zero-order valence-corrected chi connectivity index (χ0v) is 11.0. The highest BCUT2D eigenvalue weighted by Crippen LogP contribution is 2.23. The summed E-state index contributed by atoms with van der Waals surface area (Å²) in [4.78, 5) is 11.4. The molecule has 0 saturated heterocycles. The fourth-order valence-electron chi connectivity index (χ4n) is 1.93. The van der Waals surface area contributed by atoms with E-state index >= 15 is 0 Å². The fourth-order valence-corrected chi connectivity index (χ4v) is 1.93. The van der Waals surface area contributed by atoms with Crippen molar-refractivity contribution in [1.29, 1.82) is 0 Å². The van der Waals surface area contributed by atoms with E-state index in [0.29, 0.717) is 5.88 Å². The highest BCUT2D eigenvalue weighted by molar-refractivity contribution is 5.89. The monoisotopic (exact) mass is 284 g/mol. The molecule has 0 aliphatic carbocycles. The number of furan rings is 1. The Morgan fingerprint density at radius 3 is 2.71 bits per heavy atom. The van der Waals surface area contributed by atoms with Gasteiger partial charge in [0.25, 0.3) is 0 Å². The lowest BCUT2D eigenvalue weighted by Gasteiger charge is -2.06. The summed E-state index contributed by atoms with van der Waals surface area (Å²) in [5, 5.41) is 13.4. The average molecular weight is 284 g/mol. The smallest absolute Gasteiger partial charge is 0.358 e. The molecule has 21 heavy (non-hydrogen) atoms. The number of nitrogens with zero attached hydrogens (tertiary/aromatic N) is 2. The average Bonchev–Trinajstić information content (AvgIpc) is 3.15. The molecule has 0 aliphatic heterocycles. The zero-order chi connectivity index (χ0) is 14.7. The van der Waals surface area contributed by atoms with Gasteiger partial charge in [0.1, 0.15) is 6.61 Å². The van der Waals surface area contributed by atoms with Gasteiger partial charge >= 0.3 is 5.97 Å². The molecular weight excluding hydrogens is 272 g/mol. The van der Waals surface area contributed by atoms with Crippen LogP contribution >= 0.6 is 0 Å². The molecule has 2 aromatic heterocycles. The van der Waals surface area contributed by atoms with E-state index in [1.54, 1.807) is 12.1 Å². The van der Waals surface area contributed by atoms with Crippen LogP contribution < -0.4 is 4.74 Å². The van der Waals surface area contributed by atoms with Gasteiger partial charge < -0.3 is 14.3 Å². The van der Waals surface area contributed by atoms with Crippen LogP contribution in [0.2, 0.25) is 0 Å². The molecule has 2 heterocycles. The topological polar surface area (TPSA) is 77.5 Å². The summed E-state index contributed by atoms with van der Waals surface area (Å²) in [6.07, 6.45) is 2.82. The summed E-state index contributed by atoms with van der Waals surface area (Å²) in [6.45, 7) is 0.269. The van der Waals surface area contributed by atoms with Crippen LogP contribution in [-0.4, -0.2) is 20.9 Å². The van der Waals surface area contributed by atoms with Gasteiger partial charge in [-0.1, -0.05) is 30.3 Å². The van der Waals surface area contributed by atoms with Crippen molar-refractivity contribution in [1.82, 2.24) is 9.78 Å². The Morgan fingerprint density at radius 2 is 2.05 bits per heavy atom. The highest BCUT2D eigenvalue weighted by atomic mass is 16.5. The maximum atomic E-state index is 11.4. The summed E-state index contributed by atoms with van der Waals surface area (Å²) in [5.74, 6) is -0.614. The first-order chi connectivity index (χ1) is 10.3. The SMILES string of the molecule is O=C(O)c1c(OCc2ccccc2)cnn1-c1ccco1. The molecule has 0 saturated carbocycles. The zero-order valence-electron chi connectivity index (χ0n) is 11.0. The van der Waals surface area contributed by atoms with Crippen LogP contribution in [0.25, 0.3) is 5.88 Å². The van der Waals surface area contributed by atoms with Crippen LogP contribution in [0.1, 0.15) is 16.1 Å². The first kappa shape index (κ1) is 13.0. The molecule has 6 nitrogen and oxygen atoms in total. The number of hydrogen-bond donors (Lipinski definition) is 1. The second-order valence-corrected chi connectivity index (χ2v) is 4.30. The van der Waals surface area contributed by atoms with E-state index in [9.17, 15) is 9.90 Å². The molecule has 0 spiro atoms. The van der Waals surface area contributed by atoms with Gasteiger partial charge in [-0.15, -0.1) is 0 Å². The predicted octanol–water partition coefficient (Wildman–Crippen LogP) is 2.74. The number of hydrogen-bond acceptors (Lipinski definition) is 4.